The molecule has 0 atom stereocenters. The lowest BCUT2D eigenvalue weighted by molar-refractivity contribution is 0.100. The van der Waals surface area contributed by atoms with Crippen molar-refractivity contribution >= 4 is 17.4 Å². The predicted molar refractivity (Wildman–Crippen MR) is 87.3 cm³/mol. The van der Waals surface area contributed by atoms with Crippen LogP contribution in [0.3, 0.4) is 0 Å². The summed E-state index contributed by atoms with van der Waals surface area (Å²) < 4.78 is 6.73. The molecule has 0 spiro atoms. The van der Waals surface area contributed by atoms with E-state index in [0.29, 0.717) is 17.9 Å². The molecule has 1 aromatic carbocycles. The zero-order valence-corrected chi connectivity index (χ0v) is 13.3. The molecule has 2 aromatic rings. The molecule has 6 nitrogen and oxygen atoms in total. The Hall–Kier alpha value is -2.89. The molecular weight excluding hydrogens is 296 g/mol. The Morgan fingerprint density at radius 1 is 1.26 bits per heavy atom. The summed E-state index contributed by atoms with van der Waals surface area (Å²) in [4.78, 5) is 35.6. The van der Waals surface area contributed by atoms with Gasteiger partial charge in [-0.3, -0.25) is 14.4 Å². The van der Waals surface area contributed by atoms with Gasteiger partial charge in [-0.05, 0) is 26.0 Å². The summed E-state index contributed by atoms with van der Waals surface area (Å²) >= 11 is 0. The highest BCUT2D eigenvalue weighted by atomic mass is 16.5. The first kappa shape index (κ1) is 16.5. The van der Waals surface area contributed by atoms with Gasteiger partial charge in [-0.2, -0.15) is 0 Å². The fourth-order valence-electron chi connectivity index (χ4n) is 2.11. The number of benzene rings is 1. The van der Waals surface area contributed by atoms with Gasteiger partial charge >= 0.3 is 0 Å². The zero-order chi connectivity index (χ0) is 17.0. The minimum atomic E-state index is -0.437. The standard InChI is InChI=1S/C17H18N2O4/c1-4-23-16-10-19(3)14(9-15(16)21)17(22)18-13-7-5-6-12(8-13)11(2)20/h5-10H,4H2,1-3H3,(H,18,22). The molecule has 0 bridgehead atoms. The maximum absolute atomic E-state index is 12.3. The predicted octanol–water partition coefficient (Wildman–Crippen LogP) is 2.24. The molecule has 0 radical (unpaired) electrons. The number of ether oxygens (including phenoxy) is 1. The second-order valence-corrected chi connectivity index (χ2v) is 5.02. The zero-order valence-electron chi connectivity index (χ0n) is 13.3. The van der Waals surface area contributed by atoms with Crippen LogP contribution in [0.4, 0.5) is 5.69 Å². The number of ketones is 1. The Bertz CT molecular complexity index is 808. The monoisotopic (exact) mass is 314 g/mol. The summed E-state index contributed by atoms with van der Waals surface area (Å²) in [6.45, 7) is 3.61. The van der Waals surface area contributed by atoms with Crippen molar-refractivity contribution in [3.05, 3.63) is 58.0 Å². The molecule has 120 valence electrons. The number of hydrogen-bond donors (Lipinski definition) is 1. The molecule has 1 heterocycles. The number of aryl methyl sites for hydroxylation is 1. The van der Waals surface area contributed by atoms with E-state index in [1.54, 1.807) is 38.2 Å². The molecule has 6 heteroatoms. The molecule has 0 saturated heterocycles. The number of anilines is 1. The molecule has 0 fully saturated rings. The maximum atomic E-state index is 12.3. The van der Waals surface area contributed by atoms with E-state index in [9.17, 15) is 14.4 Å². The average molecular weight is 314 g/mol. The second kappa shape index (κ2) is 6.91. The molecule has 0 aliphatic heterocycles. The van der Waals surface area contributed by atoms with Gasteiger partial charge in [0, 0.05) is 24.4 Å². The van der Waals surface area contributed by atoms with E-state index < -0.39 is 5.91 Å². The van der Waals surface area contributed by atoms with Gasteiger partial charge < -0.3 is 14.6 Å². The number of amides is 1. The smallest absolute Gasteiger partial charge is 0.272 e. The van der Waals surface area contributed by atoms with Crippen molar-refractivity contribution in [2.45, 2.75) is 13.8 Å². The van der Waals surface area contributed by atoms with E-state index in [2.05, 4.69) is 5.32 Å². The van der Waals surface area contributed by atoms with Gasteiger partial charge in [0.2, 0.25) is 5.43 Å². The van der Waals surface area contributed by atoms with E-state index in [-0.39, 0.29) is 22.7 Å². The number of Topliss-reactive ketones (excluding diaryl/α,β-unsaturated/α-hetero) is 1. The van der Waals surface area contributed by atoms with Crippen molar-refractivity contribution in [1.29, 1.82) is 0 Å². The van der Waals surface area contributed by atoms with Crippen LogP contribution in [0.5, 0.6) is 5.75 Å². The SMILES string of the molecule is CCOc1cn(C)c(C(=O)Nc2cccc(C(C)=O)c2)cc1=O. The van der Waals surface area contributed by atoms with Gasteiger partial charge in [-0.1, -0.05) is 12.1 Å². The van der Waals surface area contributed by atoms with Gasteiger partial charge in [0.1, 0.15) is 5.69 Å². The number of aromatic nitrogens is 1. The number of carbonyl (C=O) groups excluding carboxylic acids is 2. The van der Waals surface area contributed by atoms with E-state index in [4.69, 9.17) is 4.74 Å². The van der Waals surface area contributed by atoms with Crippen LogP contribution in [0.2, 0.25) is 0 Å². The fraction of sp³-hybridized carbons (Fsp3) is 0.235. The highest BCUT2D eigenvalue weighted by Crippen LogP contribution is 2.13. The van der Waals surface area contributed by atoms with E-state index in [1.807, 2.05) is 0 Å². The lowest BCUT2D eigenvalue weighted by atomic mass is 10.1. The Kier molecular flexibility index (Phi) is 4.95. The topological polar surface area (TPSA) is 77.4 Å². The molecule has 0 aliphatic carbocycles. The van der Waals surface area contributed by atoms with Crippen LogP contribution in [-0.4, -0.2) is 22.9 Å². The number of carbonyl (C=O) groups is 2. The average Bonchev–Trinajstić information content (AvgIpc) is 2.51. The van der Waals surface area contributed by atoms with Crippen LogP contribution in [0, 0.1) is 0 Å². The van der Waals surface area contributed by atoms with Crippen molar-refractivity contribution in [2.75, 3.05) is 11.9 Å². The Morgan fingerprint density at radius 3 is 2.65 bits per heavy atom. The van der Waals surface area contributed by atoms with Crippen molar-refractivity contribution in [2.24, 2.45) is 7.05 Å². The second-order valence-electron chi connectivity index (χ2n) is 5.02. The molecule has 0 saturated carbocycles. The highest BCUT2D eigenvalue weighted by Gasteiger charge is 2.13. The first-order valence-electron chi connectivity index (χ1n) is 7.18. The largest absolute Gasteiger partial charge is 0.488 e. The van der Waals surface area contributed by atoms with Gasteiger partial charge in [-0.25, -0.2) is 0 Å². The Balaban J connectivity index is 2.27. The lowest BCUT2D eigenvalue weighted by Gasteiger charge is -2.11. The lowest BCUT2D eigenvalue weighted by Crippen LogP contribution is -2.21. The summed E-state index contributed by atoms with van der Waals surface area (Å²) in [7, 11) is 1.66. The van der Waals surface area contributed by atoms with Gasteiger partial charge in [0.15, 0.2) is 11.5 Å². The van der Waals surface area contributed by atoms with Crippen LogP contribution in [0.1, 0.15) is 34.7 Å². The molecule has 0 unspecified atom stereocenters. The van der Waals surface area contributed by atoms with E-state index in [1.165, 1.54) is 23.8 Å². The number of hydrogen-bond acceptors (Lipinski definition) is 4. The van der Waals surface area contributed by atoms with Crippen molar-refractivity contribution < 1.29 is 14.3 Å². The van der Waals surface area contributed by atoms with Gasteiger partial charge in [0.05, 0.1) is 12.8 Å². The Morgan fingerprint density at radius 2 is 2.00 bits per heavy atom. The number of nitrogens with one attached hydrogen (secondary N) is 1. The Labute approximate surface area is 133 Å². The third kappa shape index (κ3) is 3.85. The van der Waals surface area contributed by atoms with Crippen molar-refractivity contribution in [1.82, 2.24) is 4.57 Å². The molecule has 1 N–H and O–H groups in total. The quantitative estimate of drug-likeness (QED) is 0.859. The molecule has 23 heavy (non-hydrogen) atoms. The summed E-state index contributed by atoms with van der Waals surface area (Å²) in [6.07, 6.45) is 1.48. The summed E-state index contributed by atoms with van der Waals surface area (Å²) in [5, 5.41) is 2.68. The highest BCUT2D eigenvalue weighted by molar-refractivity contribution is 6.04. The van der Waals surface area contributed by atoms with Crippen LogP contribution in [0.15, 0.2) is 41.3 Å². The van der Waals surface area contributed by atoms with E-state index in [0.717, 1.165) is 0 Å². The first-order valence-corrected chi connectivity index (χ1v) is 7.18. The minimum Gasteiger partial charge on any atom is -0.488 e. The van der Waals surface area contributed by atoms with E-state index >= 15 is 0 Å². The third-order valence-electron chi connectivity index (χ3n) is 3.26. The van der Waals surface area contributed by atoms with Gasteiger partial charge in [0.25, 0.3) is 5.91 Å². The fourth-order valence-corrected chi connectivity index (χ4v) is 2.11. The summed E-state index contributed by atoms with van der Waals surface area (Å²) in [6, 6.07) is 7.85. The van der Waals surface area contributed by atoms with Crippen molar-refractivity contribution in [3.8, 4) is 5.75 Å². The maximum Gasteiger partial charge on any atom is 0.272 e. The summed E-state index contributed by atoms with van der Waals surface area (Å²) in [5.41, 5.74) is 0.840. The molecule has 2 rings (SSSR count). The molecule has 0 aliphatic rings. The number of rotatable bonds is 5. The molecule has 1 aromatic heterocycles. The molecule has 1 amide bonds. The third-order valence-corrected chi connectivity index (χ3v) is 3.26. The minimum absolute atomic E-state index is 0.0884. The number of pyridine rings is 1. The molecular formula is C17H18N2O4. The first-order chi connectivity index (χ1) is 10.9. The van der Waals surface area contributed by atoms with Gasteiger partial charge in [-0.15, -0.1) is 0 Å². The van der Waals surface area contributed by atoms with Crippen LogP contribution >= 0.6 is 0 Å². The van der Waals surface area contributed by atoms with Crippen molar-refractivity contribution in [3.63, 3.8) is 0 Å². The van der Waals surface area contributed by atoms with Crippen LogP contribution < -0.4 is 15.5 Å². The van der Waals surface area contributed by atoms with Crippen LogP contribution in [-0.2, 0) is 7.05 Å². The van der Waals surface area contributed by atoms with Crippen LogP contribution in [0.25, 0.3) is 0 Å². The summed E-state index contributed by atoms with van der Waals surface area (Å²) in [5.74, 6) is -0.326. The normalized spacial score (nSPS) is 10.2. The number of nitrogens with zero attached hydrogens (tertiary/aromatic N) is 1.